The summed E-state index contributed by atoms with van der Waals surface area (Å²) in [6, 6.07) is 0. The molecule has 0 heterocycles. The number of rotatable bonds is 3. The fourth-order valence-corrected chi connectivity index (χ4v) is 2.37. The summed E-state index contributed by atoms with van der Waals surface area (Å²) < 4.78 is 0. The minimum absolute atomic E-state index is 0.331. The zero-order valence-electron chi connectivity index (χ0n) is 8.74. The van der Waals surface area contributed by atoms with Crippen LogP contribution in [0.1, 0.15) is 44.9 Å². The molecule has 1 aliphatic rings. The van der Waals surface area contributed by atoms with E-state index in [1.807, 2.05) is 0 Å². The molecule has 1 fully saturated rings. The van der Waals surface area contributed by atoms with Crippen LogP contribution >= 0.6 is 0 Å². The Balaban J connectivity index is 2.66. The normalized spacial score (nSPS) is 24.7. The van der Waals surface area contributed by atoms with Gasteiger partial charge in [-0.3, -0.25) is 0 Å². The first kappa shape index (κ1) is 11.7. The van der Waals surface area contributed by atoms with Gasteiger partial charge in [0.1, 0.15) is 12.4 Å². The summed E-state index contributed by atoms with van der Waals surface area (Å²) in [4.78, 5) is 10.7. The van der Waals surface area contributed by atoms with Gasteiger partial charge in [0.05, 0.1) is 0 Å². The standard InChI is InChI=1S/C11H21NO2/c12-9-11(10(14)8-13)6-4-2-1-3-5-7-11/h8,10,14H,1-7,9,12H2. The largest absolute Gasteiger partial charge is 0.385 e. The van der Waals surface area contributed by atoms with Crippen LogP contribution in [0.4, 0.5) is 0 Å². The number of carbonyl (C=O) groups excluding carboxylic acids is 1. The third-order valence-electron chi connectivity index (χ3n) is 3.51. The minimum Gasteiger partial charge on any atom is -0.385 e. The molecule has 1 saturated carbocycles. The first-order valence-electron chi connectivity index (χ1n) is 5.58. The predicted octanol–water partition coefficient (Wildman–Crippen LogP) is 1.24. The van der Waals surface area contributed by atoms with Gasteiger partial charge in [0.2, 0.25) is 0 Å². The van der Waals surface area contributed by atoms with E-state index < -0.39 is 6.10 Å². The van der Waals surface area contributed by atoms with Gasteiger partial charge in [-0.1, -0.05) is 32.1 Å². The van der Waals surface area contributed by atoms with E-state index in [-0.39, 0.29) is 5.41 Å². The van der Waals surface area contributed by atoms with Crippen LogP contribution in [0.5, 0.6) is 0 Å². The van der Waals surface area contributed by atoms with E-state index in [9.17, 15) is 9.90 Å². The summed E-state index contributed by atoms with van der Waals surface area (Å²) in [6.07, 6.45) is 7.41. The fraction of sp³-hybridized carbons (Fsp3) is 0.909. The van der Waals surface area contributed by atoms with Gasteiger partial charge >= 0.3 is 0 Å². The molecule has 1 atom stereocenters. The van der Waals surface area contributed by atoms with Gasteiger partial charge in [-0.2, -0.15) is 0 Å². The number of hydrogen-bond donors (Lipinski definition) is 2. The van der Waals surface area contributed by atoms with Crippen LogP contribution in [0.25, 0.3) is 0 Å². The zero-order chi connectivity index (χ0) is 10.4. The summed E-state index contributed by atoms with van der Waals surface area (Å²) in [6.45, 7) is 0.424. The smallest absolute Gasteiger partial charge is 0.149 e. The van der Waals surface area contributed by atoms with E-state index >= 15 is 0 Å². The van der Waals surface area contributed by atoms with Crippen molar-refractivity contribution >= 4 is 6.29 Å². The van der Waals surface area contributed by atoms with Crippen LogP contribution in [0.3, 0.4) is 0 Å². The van der Waals surface area contributed by atoms with Gasteiger partial charge < -0.3 is 15.6 Å². The highest BCUT2D eigenvalue weighted by molar-refractivity contribution is 5.57. The van der Waals surface area contributed by atoms with Crippen molar-refractivity contribution in [2.24, 2.45) is 11.1 Å². The molecule has 0 aromatic carbocycles. The molecule has 1 rings (SSSR count). The highest BCUT2D eigenvalue weighted by atomic mass is 16.3. The molecular weight excluding hydrogens is 178 g/mol. The maximum Gasteiger partial charge on any atom is 0.149 e. The first-order valence-corrected chi connectivity index (χ1v) is 5.58. The molecular formula is C11H21NO2. The van der Waals surface area contributed by atoms with Gasteiger partial charge in [-0.25, -0.2) is 0 Å². The van der Waals surface area contributed by atoms with Crippen molar-refractivity contribution in [1.29, 1.82) is 0 Å². The maximum atomic E-state index is 10.7. The van der Waals surface area contributed by atoms with E-state index in [1.165, 1.54) is 19.3 Å². The van der Waals surface area contributed by atoms with Gasteiger partial charge in [0.15, 0.2) is 0 Å². The Morgan fingerprint density at radius 2 is 1.71 bits per heavy atom. The van der Waals surface area contributed by atoms with Gasteiger partial charge in [0, 0.05) is 12.0 Å². The van der Waals surface area contributed by atoms with Crippen molar-refractivity contribution in [3.05, 3.63) is 0 Å². The lowest BCUT2D eigenvalue weighted by Crippen LogP contribution is -2.43. The lowest BCUT2D eigenvalue weighted by molar-refractivity contribution is -0.122. The number of carbonyl (C=O) groups is 1. The van der Waals surface area contributed by atoms with Crippen molar-refractivity contribution in [3.8, 4) is 0 Å². The second kappa shape index (κ2) is 5.47. The quantitative estimate of drug-likeness (QED) is 0.672. The highest BCUT2D eigenvalue weighted by Crippen LogP contribution is 2.35. The van der Waals surface area contributed by atoms with Crippen LogP contribution in [-0.4, -0.2) is 24.0 Å². The van der Waals surface area contributed by atoms with Crippen molar-refractivity contribution < 1.29 is 9.90 Å². The zero-order valence-corrected chi connectivity index (χ0v) is 8.74. The molecule has 0 aliphatic heterocycles. The van der Waals surface area contributed by atoms with Crippen LogP contribution in [0.2, 0.25) is 0 Å². The van der Waals surface area contributed by atoms with Gasteiger partial charge in [-0.15, -0.1) is 0 Å². The van der Waals surface area contributed by atoms with Crippen LogP contribution in [0.15, 0.2) is 0 Å². The molecule has 1 aliphatic carbocycles. The van der Waals surface area contributed by atoms with Crippen LogP contribution in [-0.2, 0) is 4.79 Å². The molecule has 0 bridgehead atoms. The summed E-state index contributed by atoms with van der Waals surface area (Å²) in [5, 5.41) is 9.70. The van der Waals surface area contributed by atoms with Crippen LogP contribution < -0.4 is 5.73 Å². The summed E-state index contributed by atoms with van der Waals surface area (Å²) in [5.74, 6) is 0. The molecule has 1 unspecified atom stereocenters. The molecule has 0 aromatic heterocycles. The molecule has 0 amide bonds. The average Bonchev–Trinajstić information content (AvgIpc) is 2.18. The summed E-state index contributed by atoms with van der Waals surface area (Å²) in [5.41, 5.74) is 5.39. The maximum absolute atomic E-state index is 10.7. The second-order valence-corrected chi connectivity index (χ2v) is 4.42. The Morgan fingerprint density at radius 3 is 2.14 bits per heavy atom. The summed E-state index contributed by atoms with van der Waals surface area (Å²) >= 11 is 0. The Labute approximate surface area is 85.7 Å². The minimum atomic E-state index is -0.870. The fourth-order valence-electron chi connectivity index (χ4n) is 2.37. The lowest BCUT2D eigenvalue weighted by Gasteiger charge is -2.36. The molecule has 0 spiro atoms. The Morgan fingerprint density at radius 1 is 1.21 bits per heavy atom. The van der Waals surface area contributed by atoms with Gasteiger partial charge in [-0.05, 0) is 12.8 Å². The predicted molar refractivity (Wildman–Crippen MR) is 55.9 cm³/mol. The average molecular weight is 199 g/mol. The molecule has 0 saturated heterocycles. The number of aliphatic hydroxyl groups is 1. The number of nitrogens with two attached hydrogens (primary N) is 1. The Kier molecular flexibility index (Phi) is 4.55. The molecule has 0 aromatic rings. The van der Waals surface area contributed by atoms with Crippen molar-refractivity contribution in [3.63, 3.8) is 0 Å². The molecule has 14 heavy (non-hydrogen) atoms. The summed E-state index contributed by atoms with van der Waals surface area (Å²) in [7, 11) is 0. The van der Waals surface area contributed by atoms with E-state index in [0.717, 1.165) is 25.7 Å². The third-order valence-corrected chi connectivity index (χ3v) is 3.51. The molecule has 3 N–H and O–H groups in total. The molecule has 3 nitrogen and oxygen atoms in total. The number of aldehydes is 1. The third kappa shape index (κ3) is 2.55. The molecule has 82 valence electrons. The van der Waals surface area contributed by atoms with Crippen molar-refractivity contribution in [2.45, 2.75) is 51.0 Å². The van der Waals surface area contributed by atoms with Crippen molar-refractivity contribution in [2.75, 3.05) is 6.54 Å². The van der Waals surface area contributed by atoms with Crippen molar-refractivity contribution in [1.82, 2.24) is 0 Å². The van der Waals surface area contributed by atoms with Gasteiger partial charge in [0.25, 0.3) is 0 Å². The topological polar surface area (TPSA) is 63.3 Å². The van der Waals surface area contributed by atoms with E-state index in [1.54, 1.807) is 0 Å². The monoisotopic (exact) mass is 199 g/mol. The second-order valence-electron chi connectivity index (χ2n) is 4.42. The SMILES string of the molecule is NCC1(C(O)C=O)CCCCCCC1. The Hall–Kier alpha value is -0.410. The van der Waals surface area contributed by atoms with E-state index in [4.69, 9.17) is 5.73 Å². The first-order chi connectivity index (χ1) is 6.75. The van der Waals surface area contributed by atoms with E-state index in [2.05, 4.69) is 0 Å². The van der Waals surface area contributed by atoms with Crippen LogP contribution in [0, 0.1) is 5.41 Å². The molecule has 3 heteroatoms. The van der Waals surface area contributed by atoms with E-state index in [0.29, 0.717) is 12.8 Å². The number of hydrogen-bond acceptors (Lipinski definition) is 3. The molecule has 0 radical (unpaired) electrons. The lowest BCUT2D eigenvalue weighted by atomic mass is 9.72. The Bertz CT molecular complexity index is 174. The number of aliphatic hydroxyl groups excluding tert-OH is 1. The highest BCUT2D eigenvalue weighted by Gasteiger charge is 2.36.